The molecule has 0 aromatic heterocycles. The molecule has 2 heterocycles. The van der Waals surface area contributed by atoms with Crippen molar-refractivity contribution in [2.75, 3.05) is 13.2 Å². The lowest BCUT2D eigenvalue weighted by molar-refractivity contribution is -0.350. The first-order chi connectivity index (χ1) is 24.9. The molecular weight excluding hydrogens is 712 g/mol. The Morgan fingerprint density at radius 3 is 1.85 bits per heavy atom. The summed E-state index contributed by atoms with van der Waals surface area (Å²) >= 11 is 0. The molecule has 0 amide bonds. The fourth-order valence-electron chi connectivity index (χ4n) is 6.28. The topological polar surface area (TPSA) is 252 Å². The van der Waals surface area contributed by atoms with Crippen molar-refractivity contribution in [1.82, 2.24) is 0 Å². The van der Waals surface area contributed by atoms with Gasteiger partial charge in [-0.1, -0.05) is 0 Å². The number of benzene rings is 1. The summed E-state index contributed by atoms with van der Waals surface area (Å²) in [4.78, 5) is 84.9. The van der Waals surface area contributed by atoms with Gasteiger partial charge in [-0.25, -0.2) is 4.79 Å². The van der Waals surface area contributed by atoms with E-state index in [2.05, 4.69) is 0 Å². The molecular formula is C34H40O19. The van der Waals surface area contributed by atoms with E-state index in [4.69, 9.17) is 47.4 Å². The van der Waals surface area contributed by atoms with Crippen molar-refractivity contribution in [3.05, 3.63) is 42.2 Å². The van der Waals surface area contributed by atoms with Crippen molar-refractivity contribution in [3.8, 4) is 5.75 Å². The van der Waals surface area contributed by atoms with Gasteiger partial charge in [-0.2, -0.15) is 0 Å². The molecule has 1 aliphatic carbocycles. The summed E-state index contributed by atoms with van der Waals surface area (Å²) in [6.45, 7) is 5.06. The second kappa shape index (κ2) is 17.1. The van der Waals surface area contributed by atoms with Gasteiger partial charge in [0.2, 0.25) is 12.6 Å². The van der Waals surface area contributed by atoms with Crippen LogP contribution in [0.1, 0.15) is 51.9 Å². The van der Waals surface area contributed by atoms with Gasteiger partial charge in [0, 0.05) is 47.5 Å². The zero-order valence-corrected chi connectivity index (χ0v) is 29.5. The summed E-state index contributed by atoms with van der Waals surface area (Å²) in [5.74, 6) is -8.15. The van der Waals surface area contributed by atoms with E-state index in [1.54, 1.807) is 0 Å². The van der Waals surface area contributed by atoms with Gasteiger partial charge >= 0.3 is 41.8 Å². The molecule has 1 aromatic rings. The molecule has 0 spiro atoms. The Kier molecular flexibility index (Phi) is 13.2. The molecule has 2 unspecified atom stereocenters. The highest BCUT2D eigenvalue weighted by atomic mass is 16.8. The summed E-state index contributed by atoms with van der Waals surface area (Å²) in [5, 5.41) is 23.6. The smallest absolute Gasteiger partial charge is 0.338 e. The summed E-state index contributed by atoms with van der Waals surface area (Å²) in [6, 6.07) is 5.30. The van der Waals surface area contributed by atoms with Gasteiger partial charge < -0.3 is 57.6 Å². The van der Waals surface area contributed by atoms with Crippen LogP contribution in [0, 0.1) is 11.8 Å². The van der Waals surface area contributed by atoms with Crippen LogP contribution in [-0.2, 0) is 71.4 Å². The summed E-state index contributed by atoms with van der Waals surface area (Å²) < 4.78 is 55.0. The van der Waals surface area contributed by atoms with Crippen LogP contribution in [0.2, 0.25) is 0 Å². The lowest BCUT2D eigenvalue weighted by Gasteiger charge is -2.46. The van der Waals surface area contributed by atoms with Gasteiger partial charge in [0.25, 0.3) is 0 Å². The van der Waals surface area contributed by atoms with E-state index < -0.39 is 122 Å². The molecule has 11 atom stereocenters. The zero-order valence-electron chi connectivity index (χ0n) is 29.5. The number of carbonyl (C=O) groups is 7. The molecule has 2 aliphatic heterocycles. The maximum Gasteiger partial charge on any atom is 0.338 e. The van der Waals surface area contributed by atoms with Crippen LogP contribution in [0.4, 0.5) is 0 Å². The Labute approximate surface area is 302 Å². The molecule has 19 nitrogen and oxygen atoms in total. The van der Waals surface area contributed by atoms with E-state index in [1.165, 1.54) is 37.3 Å². The van der Waals surface area contributed by atoms with Crippen molar-refractivity contribution < 1.29 is 91.1 Å². The molecule has 1 saturated carbocycles. The lowest BCUT2D eigenvalue weighted by Crippen LogP contribution is -2.64. The van der Waals surface area contributed by atoms with Gasteiger partial charge in [-0.05, 0) is 30.3 Å². The number of aliphatic hydroxyl groups is 2. The maximum absolute atomic E-state index is 13.3. The molecule has 2 N–H and O–H groups in total. The average Bonchev–Trinajstić information content (AvgIpc) is 3.27. The number of hydrogen-bond donors (Lipinski definition) is 2. The molecule has 53 heavy (non-hydrogen) atoms. The van der Waals surface area contributed by atoms with Crippen molar-refractivity contribution in [3.63, 3.8) is 0 Å². The van der Waals surface area contributed by atoms with Crippen LogP contribution in [0.15, 0.2) is 36.6 Å². The number of rotatable bonds is 12. The Morgan fingerprint density at radius 1 is 0.698 bits per heavy atom. The second-order valence-electron chi connectivity index (χ2n) is 12.3. The largest absolute Gasteiger partial charge is 0.472 e. The number of hydrogen-bond acceptors (Lipinski definition) is 19. The molecule has 1 saturated heterocycles. The fourth-order valence-corrected chi connectivity index (χ4v) is 6.28. The number of carbonyl (C=O) groups excluding carboxylic acids is 7. The quantitative estimate of drug-likeness (QED) is 0.162. The van der Waals surface area contributed by atoms with Crippen molar-refractivity contribution in [2.45, 2.75) is 96.3 Å². The van der Waals surface area contributed by atoms with Crippen LogP contribution >= 0.6 is 0 Å². The summed E-state index contributed by atoms with van der Waals surface area (Å²) in [5.41, 5.74) is -2.45. The fraction of sp³-hybridized carbons (Fsp3) is 0.559. The van der Waals surface area contributed by atoms with Crippen molar-refractivity contribution in [1.29, 1.82) is 0 Å². The van der Waals surface area contributed by atoms with Gasteiger partial charge in [-0.15, -0.1) is 0 Å². The number of esters is 7. The van der Waals surface area contributed by atoms with Gasteiger partial charge in [0.05, 0.1) is 17.7 Å². The van der Waals surface area contributed by atoms with E-state index in [0.29, 0.717) is 0 Å². The minimum absolute atomic E-state index is 0.0126. The molecule has 2 fully saturated rings. The Bertz CT molecular complexity index is 1590. The summed E-state index contributed by atoms with van der Waals surface area (Å²) in [6.07, 6.45) is -10.6. The first kappa shape index (κ1) is 40.7. The monoisotopic (exact) mass is 752 g/mol. The third-order valence-electron chi connectivity index (χ3n) is 8.32. The van der Waals surface area contributed by atoms with Crippen LogP contribution in [0.25, 0.3) is 0 Å². The predicted molar refractivity (Wildman–Crippen MR) is 169 cm³/mol. The Balaban J connectivity index is 1.71. The predicted octanol–water partition coefficient (Wildman–Crippen LogP) is 0.00810. The Morgan fingerprint density at radius 2 is 1.28 bits per heavy atom. The zero-order chi connectivity index (χ0) is 39.2. The van der Waals surface area contributed by atoms with Gasteiger partial charge in [-0.3, -0.25) is 28.8 Å². The third kappa shape index (κ3) is 9.86. The first-order valence-corrected chi connectivity index (χ1v) is 16.2. The SMILES string of the molecule is CC(=O)OC[C@H]1O[C@@H](OC2OC=C[C@H]3[C@H](OC(=O)c4ccc(OC(C)=O)cc4)[C@@H](O)C(O)(COC(C)=O)[C@@H]23)[C@H](OC(C)=O)[C@@H](OC(C)=O)[C@@H]1OC(C)=O. The highest BCUT2D eigenvalue weighted by molar-refractivity contribution is 5.89. The summed E-state index contributed by atoms with van der Waals surface area (Å²) in [7, 11) is 0. The highest BCUT2D eigenvalue weighted by Gasteiger charge is 2.66. The Hall–Kier alpha value is -5.11. The van der Waals surface area contributed by atoms with Crippen LogP contribution in [0.3, 0.4) is 0 Å². The number of aliphatic hydroxyl groups excluding tert-OH is 1. The molecule has 3 aliphatic rings. The first-order valence-electron chi connectivity index (χ1n) is 16.2. The number of ether oxygens (including phenoxy) is 10. The number of fused-ring (bicyclic) bond motifs is 1. The van der Waals surface area contributed by atoms with E-state index in [0.717, 1.165) is 40.9 Å². The van der Waals surface area contributed by atoms with Crippen LogP contribution < -0.4 is 4.74 Å². The third-order valence-corrected chi connectivity index (χ3v) is 8.32. The maximum atomic E-state index is 13.3. The minimum Gasteiger partial charge on any atom is -0.472 e. The minimum atomic E-state index is -2.44. The van der Waals surface area contributed by atoms with Crippen LogP contribution in [-0.4, -0.2) is 120 Å². The lowest BCUT2D eigenvalue weighted by atomic mass is 9.83. The molecule has 290 valence electrons. The van der Waals surface area contributed by atoms with Crippen LogP contribution in [0.5, 0.6) is 5.75 Å². The molecule has 0 radical (unpaired) electrons. The second-order valence-corrected chi connectivity index (χ2v) is 12.3. The molecule has 1 aromatic carbocycles. The molecule has 0 bridgehead atoms. The normalized spacial score (nSPS) is 31.5. The van der Waals surface area contributed by atoms with E-state index in [1.807, 2.05) is 0 Å². The highest BCUT2D eigenvalue weighted by Crippen LogP contribution is 2.49. The van der Waals surface area contributed by atoms with Crippen molar-refractivity contribution in [2.24, 2.45) is 11.8 Å². The molecule has 4 rings (SSSR count). The van der Waals surface area contributed by atoms with E-state index >= 15 is 0 Å². The van der Waals surface area contributed by atoms with E-state index in [-0.39, 0.29) is 11.3 Å². The molecule has 19 heteroatoms. The standard InChI is InChI=1S/C34H40O19/c1-15(35)45-13-24-27(48-18(4)38)28(49-19(5)39)29(50-20(6)40)33(51-24)53-32-25-23(11-12-44-32)26(30(41)34(25,43)14-46-16(2)36)52-31(42)21-7-9-22(10-8-21)47-17(3)37/h7-12,23-30,32-33,41,43H,13-14H2,1-6H3/t23-,24-,25-,26+,27-,28+,29-,30-,32?,33+,34?/m1/s1. The average molecular weight is 753 g/mol. The van der Waals surface area contributed by atoms with E-state index in [9.17, 15) is 43.8 Å². The van der Waals surface area contributed by atoms with Gasteiger partial charge in [0.15, 0.2) is 18.3 Å². The van der Waals surface area contributed by atoms with Crippen molar-refractivity contribution >= 4 is 41.8 Å². The van der Waals surface area contributed by atoms with Gasteiger partial charge in [0.1, 0.15) is 42.9 Å².